The Bertz CT molecular complexity index is 796. The molecule has 2 aromatic rings. The van der Waals surface area contributed by atoms with E-state index in [1.165, 1.54) is 45.6 Å². The van der Waals surface area contributed by atoms with Crippen molar-refractivity contribution in [2.45, 2.75) is 65.7 Å². The SMILES string of the molecule is Cc1cc(C)c(N(C)c2cccc3c2C(C)(C)CC3(C)C)cc1C. The van der Waals surface area contributed by atoms with E-state index < -0.39 is 0 Å². The van der Waals surface area contributed by atoms with Gasteiger partial charge in [0.2, 0.25) is 0 Å². The summed E-state index contributed by atoms with van der Waals surface area (Å²) in [5.41, 5.74) is 10.2. The second-order valence-corrected chi connectivity index (χ2v) is 8.93. The van der Waals surface area contributed by atoms with Gasteiger partial charge in [0, 0.05) is 18.4 Å². The van der Waals surface area contributed by atoms with Crippen LogP contribution in [0.1, 0.15) is 61.9 Å². The molecule has 0 heterocycles. The Morgan fingerprint density at radius 1 is 0.792 bits per heavy atom. The lowest BCUT2D eigenvalue weighted by atomic mass is 9.81. The van der Waals surface area contributed by atoms with Gasteiger partial charge in [-0.15, -0.1) is 0 Å². The van der Waals surface area contributed by atoms with E-state index in [4.69, 9.17) is 0 Å². The minimum atomic E-state index is 0.206. The lowest BCUT2D eigenvalue weighted by molar-refractivity contribution is 0.403. The summed E-state index contributed by atoms with van der Waals surface area (Å²) in [6.45, 7) is 16.2. The Morgan fingerprint density at radius 3 is 2.08 bits per heavy atom. The molecule has 0 aromatic heterocycles. The first kappa shape index (κ1) is 17.1. The minimum absolute atomic E-state index is 0.206. The number of benzene rings is 2. The molecule has 0 aliphatic heterocycles. The maximum absolute atomic E-state index is 2.39. The van der Waals surface area contributed by atoms with Crippen LogP contribution >= 0.6 is 0 Å². The maximum Gasteiger partial charge on any atom is 0.0449 e. The Hall–Kier alpha value is -1.76. The van der Waals surface area contributed by atoms with E-state index in [1.54, 1.807) is 0 Å². The van der Waals surface area contributed by atoms with E-state index in [0.29, 0.717) is 0 Å². The molecule has 0 amide bonds. The number of rotatable bonds is 2. The molecule has 0 saturated heterocycles. The largest absolute Gasteiger partial charge is 0.344 e. The van der Waals surface area contributed by atoms with Gasteiger partial charge in [0.1, 0.15) is 0 Å². The lowest BCUT2D eigenvalue weighted by Crippen LogP contribution is -2.20. The molecule has 0 fully saturated rings. The molecule has 3 rings (SSSR count). The third-order valence-corrected chi connectivity index (χ3v) is 5.87. The highest BCUT2D eigenvalue weighted by Gasteiger charge is 2.43. The Labute approximate surface area is 147 Å². The monoisotopic (exact) mass is 321 g/mol. The number of hydrogen-bond donors (Lipinski definition) is 0. The van der Waals surface area contributed by atoms with Crippen molar-refractivity contribution < 1.29 is 0 Å². The highest BCUT2D eigenvalue weighted by molar-refractivity contribution is 5.73. The summed E-state index contributed by atoms with van der Waals surface area (Å²) in [4.78, 5) is 2.39. The van der Waals surface area contributed by atoms with Gasteiger partial charge in [-0.3, -0.25) is 0 Å². The predicted molar refractivity (Wildman–Crippen MR) is 106 cm³/mol. The van der Waals surface area contributed by atoms with Crippen LogP contribution in [0, 0.1) is 20.8 Å². The number of fused-ring (bicyclic) bond motifs is 1. The van der Waals surface area contributed by atoms with Crippen molar-refractivity contribution in [1.82, 2.24) is 0 Å². The zero-order valence-corrected chi connectivity index (χ0v) is 16.5. The van der Waals surface area contributed by atoms with Crippen LogP contribution in [0.3, 0.4) is 0 Å². The van der Waals surface area contributed by atoms with E-state index in [-0.39, 0.29) is 10.8 Å². The molecule has 0 bridgehead atoms. The summed E-state index contributed by atoms with van der Waals surface area (Å²) in [6, 6.07) is 11.5. The van der Waals surface area contributed by atoms with Gasteiger partial charge in [0.05, 0.1) is 0 Å². The average Bonchev–Trinajstić information content (AvgIpc) is 2.67. The first-order valence-electron chi connectivity index (χ1n) is 9.00. The standard InChI is InChI=1S/C23H31N/c1-15-12-17(3)20(13-16(15)2)24(8)19-11-9-10-18-21(19)23(6,7)14-22(18,4)5/h9-13H,14H2,1-8H3. The van der Waals surface area contributed by atoms with Gasteiger partial charge in [-0.1, -0.05) is 45.9 Å². The molecule has 1 aliphatic rings. The molecule has 24 heavy (non-hydrogen) atoms. The van der Waals surface area contributed by atoms with Crippen molar-refractivity contribution in [3.8, 4) is 0 Å². The van der Waals surface area contributed by atoms with Crippen LogP contribution in [0.15, 0.2) is 30.3 Å². The highest BCUT2D eigenvalue weighted by Crippen LogP contribution is 2.53. The van der Waals surface area contributed by atoms with Crippen LogP contribution in [-0.4, -0.2) is 7.05 Å². The molecule has 0 N–H and O–H groups in total. The van der Waals surface area contributed by atoms with E-state index >= 15 is 0 Å². The van der Waals surface area contributed by atoms with Gasteiger partial charge < -0.3 is 4.90 Å². The normalized spacial score (nSPS) is 17.7. The van der Waals surface area contributed by atoms with Crippen LogP contribution < -0.4 is 4.90 Å². The van der Waals surface area contributed by atoms with E-state index in [1.807, 2.05) is 0 Å². The minimum Gasteiger partial charge on any atom is -0.344 e. The molecule has 1 aliphatic carbocycles. The summed E-state index contributed by atoms with van der Waals surface area (Å²) < 4.78 is 0. The third kappa shape index (κ3) is 2.55. The van der Waals surface area contributed by atoms with Crippen molar-refractivity contribution in [2.75, 3.05) is 11.9 Å². The van der Waals surface area contributed by atoms with E-state index in [0.717, 1.165) is 0 Å². The molecule has 0 spiro atoms. The topological polar surface area (TPSA) is 3.24 Å². The third-order valence-electron chi connectivity index (χ3n) is 5.87. The highest BCUT2D eigenvalue weighted by atomic mass is 15.1. The van der Waals surface area contributed by atoms with Crippen molar-refractivity contribution in [2.24, 2.45) is 0 Å². The Kier molecular flexibility index (Phi) is 3.82. The van der Waals surface area contributed by atoms with Crippen LogP contribution in [0.4, 0.5) is 11.4 Å². The fourth-order valence-corrected chi connectivity index (χ4v) is 4.82. The summed E-state index contributed by atoms with van der Waals surface area (Å²) in [5.74, 6) is 0. The fourth-order valence-electron chi connectivity index (χ4n) is 4.82. The number of aryl methyl sites for hydroxylation is 3. The van der Waals surface area contributed by atoms with Crippen molar-refractivity contribution in [1.29, 1.82) is 0 Å². The molecule has 2 aromatic carbocycles. The van der Waals surface area contributed by atoms with Crippen molar-refractivity contribution in [3.63, 3.8) is 0 Å². The van der Waals surface area contributed by atoms with Crippen molar-refractivity contribution >= 4 is 11.4 Å². The van der Waals surface area contributed by atoms with Gasteiger partial charge in [0.25, 0.3) is 0 Å². The summed E-state index contributed by atoms with van der Waals surface area (Å²) in [5, 5.41) is 0. The second-order valence-electron chi connectivity index (χ2n) is 8.93. The second kappa shape index (κ2) is 5.37. The van der Waals surface area contributed by atoms with Crippen LogP contribution in [0.25, 0.3) is 0 Å². The zero-order chi connectivity index (χ0) is 17.9. The van der Waals surface area contributed by atoms with Gasteiger partial charge >= 0.3 is 0 Å². The van der Waals surface area contributed by atoms with Gasteiger partial charge in [-0.05, 0) is 78.0 Å². The maximum atomic E-state index is 2.39. The zero-order valence-electron chi connectivity index (χ0n) is 16.5. The molecular weight excluding hydrogens is 290 g/mol. The first-order chi connectivity index (χ1) is 11.0. The predicted octanol–water partition coefficient (Wildman–Crippen LogP) is 6.34. The fraction of sp³-hybridized carbons (Fsp3) is 0.478. The lowest BCUT2D eigenvalue weighted by Gasteiger charge is -2.30. The Morgan fingerprint density at radius 2 is 1.42 bits per heavy atom. The van der Waals surface area contributed by atoms with Crippen LogP contribution in [0.2, 0.25) is 0 Å². The van der Waals surface area contributed by atoms with Crippen LogP contribution in [-0.2, 0) is 10.8 Å². The van der Waals surface area contributed by atoms with Crippen molar-refractivity contribution in [3.05, 3.63) is 58.1 Å². The van der Waals surface area contributed by atoms with E-state index in [9.17, 15) is 0 Å². The summed E-state index contributed by atoms with van der Waals surface area (Å²) in [6.07, 6.45) is 1.20. The Balaban J connectivity index is 2.19. The van der Waals surface area contributed by atoms with Gasteiger partial charge in [0.15, 0.2) is 0 Å². The molecule has 128 valence electrons. The molecule has 0 saturated carbocycles. The molecule has 1 nitrogen and oxygen atoms in total. The van der Waals surface area contributed by atoms with Gasteiger partial charge in [-0.25, -0.2) is 0 Å². The van der Waals surface area contributed by atoms with E-state index in [2.05, 4.69) is 90.7 Å². The summed E-state index contributed by atoms with van der Waals surface area (Å²) in [7, 11) is 2.22. The molecule has 0 radical (unpaired) electrons. The molecule has 0 unspecified atom stereocenters. The quantitative estimate of drug-likeness (QED) is 0.624. The molecular formula is C23H31N. The first-order valence-corrected chi connectivity index (χ1v) is 9.00. The number of hydrogen-bond acceptors (Lipinski definition) is 1. The van der Waals surface area contributed by atoms with Crippen LogP contribution in [0.5, 0.6) is 0 Å². The smallest absolute Gasteiger partial charge is 0.0449 e. The number of anilines is 2. The molecule has 1 heteroatoms. The number of nitrogens with zero attached hydrogens (tertiary/aromatic N) is 1. The van der Waals surface area contributed by atoms with Gasteiger partial charge in [-0.2, -0.15) is 0 Å². The summed E-state index contributed by atoms with van der Waals surface area (Å²) >= 11 is 0. The average molecular weight is 322 g/mol. The molecule has 0 atom stereocenters.